The van der Waals surface area contributed by atoms with Gasteiger partial charge in [0.2, 0.25) is 0 Å². The maximum atomic E-state index is 2.48. The first-order valence-electron chi connectivity index (χ1n) is 26.7. The van der Waals surface area contributed by atoms with Crippen LogP contribution in [0.2, 0.25) is 0 Å². The molecule has 3 aliphatic rings. The zero-order valence-electron chi connectivity index (χ0n) is 43.6. The molecule has 0 spiro atoms. The largest absolute Gasteiger partial charge is 0.0622 e. The molecule has 0 fully saturated rings. The van der Waals surface area contributed by atoms with Gasteiger partial charge in [-0.1, -0.05) is 248 Å². The fourth-order valence-electron chi connectivity index (χ4n) is 13.4. The summed E-state index contributed by atoms with van der Waals surface area (Å²) < 4.78 is 0. The third-order valence-corrected chi connectivity index (χ3v) is 17.5. The second-order valence-electron chi connectivity index (χ2n) is 22.8. The molecule has 0 bridgehead atoms. The lowest BCUT2D eigenvalue weighted by Gasteiger charge is -2.24. The van der Waals surface area contributed by atoms with E-state index in [2.05, 4.69) is 284 Å². The molecule has 0 atom stereocenters. The quantitative estimate of drug-likeness (QED) is 0.149. The van der Waals surface area contributed by atoms with Crippen LogP contribution in [0.25, 0.3) is 111 Å². The van der Waals surface area contributed by atoms with Gasteiger partial charge in [0, 0.05) is 16.2 Å². The predicted molar refractivity (Wildman–Crippen MR) is 317 cm³/mol. The Morgan fingerprint density at radius 1 is 0.173 bits per heavy atom. The average molecular weight is 959 g/mol. The first-order valence-corrected chi connectivity index (χ1v) is 26.7. The third-order valence-electron chi connectivity index (χ3n) is 17.5. The van der Waals surface area contributed by atoms with Crippen molar-refractivity contribution in [1.82, 2.24) is 0 Å². The highest BCUT2D eigenvalue weighted by Crippen LogP contribution is 2.55. The molecule has 0 radical (unpaired) electrons. The van der Waals surface area contributed by atoms with Crippen molar-refractivity contribution in [3.8, 4) is 111 Å². The summed E-state index contributed by atoms with van der Waals surface area (Å²) in [4.78, 5) is 0. The van der Waals surface area contributed by atoms with Crippen LogP contribution in [-0.2, 0) is 16.2 Å². The van der Waals surface area contributed by atoms with E-state index in [0.29, 0.717) is 0 Å². The summed E-state index contributed by atoms with van der Waals surface area (Å²) in [6.07, 6.45) is 0. The van der Waals surface area contributed by atoms with Crippen molar-refractivity contribution in [3.63, 3.8) is 0 Å². The van der Waals surface area contributed by atoms with Crippen molar-refractivity contribution >= 4 is 0 Å². The number of rotatable bonds is 7. The minimum absolute atomic E-state index is 0.151. The number of hydrogen-bond donors (Lipinski definition) is 0. The van der Waals surface area contributed by atoms with E-state index in [1.165, 1.54) is 145 Å². The smallest absolute Gasteiger partial charge is 0.0159 e. The number of benzene rings is 11. The van der Waals surface area contributed by atoms with Crippen molar-refractivity contribution in [2.75, 3.05) is 0 Å². The molecule has 3 aliphatic carbocycles. The summed E-state index contributed by atoms with van der Waals surface area (Å²) in [5.41, 5.74) is 33.4. The standard InChI is InChI=1S/C75H58/c1-73(2)66-41-50(52-31-37-62-64-39-33-54(45-70(64)74(3,4)68(62)43-52)57-26-17-16-25-56(57)47-19-10-7-11-20-47)29-35-60(66)61-36-30-51(42-67(61)73)53-32-38-63-65-40-34-55(46-71(65)75(5,6)69(63)44-53)59-28-18-27-58(48-21-12-8-13-22-48)72(59)49-23-14-9-15-24-49/h7-46H,1-6H3. The van der Waals surface area contributed by atoms with Crippen molar-refractivity contribution in [2.45, 2.75) is 57.8 Å². The van der Waals surface area contributed by atoms with E-state index >= 15 is 0 Å². The molecule has 0 heterocycles. The van der Waals surface area contributed by atoms with Crippen LogP contribution in [0.15, 0.2) is 243 Å². The van der Waals surface area contributed by atoms with Crippen LogP contribution in [0.1, 0.15) is 74.9 Å². The maximum Gasteiger partial charge on any atom is 0.0159 e. The van der Waals surface area contributed by atoms with E-state index < -0.39 is 0 Å². The highest BCUT2D eigenvalue weighted by Gasteiger charge is 2.39. The Kier molecular flexibility index (Phi) is 10.0. The van der Waals surface area contributed by atoms with Crippen molar-refractivity contribution < 1.29 is 0 Å². The SMILES string of the molecule is CC1(C)c2cc(-c3ccc4c(c3)C(C)(C)c3cc(-c5ccccc5-c5ccccc5)ccc3-4)ccc2-c2ccc(-c3ccc4c(c3)C(C)(C)c3cc(-c5cccc(-c6ccccc6)c5-c5ccccc5)ccc3-4)cc21. The van der Waals surface area contributed by atoms with Gasteiger partial charge in [0.25, 0.3) is 0 Å². The molecule has 0 aromatic heterocycles. The molecule has 0 N–H and O–H groups in total. The van der Waals surface area contributed by atoms with Crippen molar-refractivity contribution in [3.05, 3.63) is 276 Å². The number of hydrogen-bond acceptors (Lipinski definition) is 0. The van der Waals surface area contributed by atoms with Crippen molar-refractivity contribution in [2.24, 2.45) is 0 Å². The zero-order chi connectivity index (χ0) is 50.8. The molecular formula is C75H58. The summed E-state index contributed by atoms with van der Waals surface area (Å²) in [6, 6.07) is 91.2. The van der Waals surface area contributed by atoms with Crippen LogP contribution in [-0.4, -0.2) is 0 Å². The first kappa shape index (κ1) is 45.1. The van der Waals surface area contributed by atoms with Crippen LogP contribution >= 0.6 is 0 Å². The van der Waals surface area contributed by atoms with Crippen molar-refractivity contribution in [1.29, 1.82) is 0 Å². The van der Waals surface area contributed by atoms with Crippen LogP contribution < -0.4 is 0 Å². The normalized spacial score (nSPS) is 14.6. The maximum absolute atomic E-state index is 2.48. The molecule has 0 nitrogen and oxygen atoms in total. The van der Waals surface area contributed by atoms with Gasteiger partial charge >= 0.3 is 0 Å². The van der Waals surface area contributed by atoms with Gasteiger partial charge in [0.15, 0.2) is 0 Å². The molecule has 0 saturated carbocycles. The molecule has 75 heavy (non-hydrogen) atoms. The van der Waals surface area contributed by atoms with E-state index in [0.717, 1.165) is 0 Å². The summed E-state index contributed by atoms with van der Waals surface area (Å²) in [5, 5.41) is 0. The summed E-state index contributed by atoms with van der Waals surface area (Å²) in [5.74, 6) is 0. The molecule has 0 heteroatoms. The Hall–Kier alpha value is -8.58. The van der Waals surface area contributed by atoms with Gasteiger partial charge in [-0.15, -0.1) is 0 Å². The Bertz CT molecular complexity index is 4110. The Morgan fingerprint density at radius 3 is 0.773 bits per heavy atom. The van der Waals surface area contributed by atoms with Gasteiger partial charge in [-0.25, -0.2) is 0 Å². The van der Waals surface area contributed by atoms with Gasteiger partial charge in [-0.05, 0) is 181 Å². The van der Waals surface area contributed by atoms with Gasteiger partial charge in [0.05, 0.1) is 0 Å². The lowest BCUT2D eigenvalue weighted by Crippen LogP contribution is -2.16. The van der Waals surface area contributed by atoms with Gasteiger partial charge in [-0.2, -0.15) is 0 Å². The van der Waals surface area contributed by atoms with Crippen LogP contribution in [0.5, 0.6) is 0 Å². The summed E-state index contributed by atoms with van der Waals surface area (Å²) in [6.45, 7) is 14.5. The van der Waals surface area contributed by atoms with E-state index in [-0.39, 0.29) is 16.2 Å². The van der Waals surface area contributed by atoms with Crippen LogP contribution in [0.3, 0.4) is 0 Å². The van der Waals surface area contributed by atoms with Gasteiger partial charge < -0.3 is 0 Å². The molecule has 358 valence electrons. The molecule has 0 saturated heterocycles. The van der Waals surface area contributed by atoms with E-state index in [1.54, 1.807) is 0 Å². The number of fused-ring (bicyclic) bond motifs is 9. The van der Waals surface area contributed by atoms with E-state index in [4.69, 9.17) is 0 Å². The fraction of sp³-hybridized carbons (Fsp3) is 0.120. The molecule has 14 rings (SSSR count). The minimum atomic E-state index is -0.184. The summed E-state index contributed by atoms with van der Waals surface area (Å²) >= 11 is 0. The topological polar surface area (TPSA) is 0 Å². The Balaban J connectivity index is 0.763. The molecule has 11 aromatic rings. The second kappa shape index (κ2) is 16.7. The second-order valence-corrected chi connectivity index (χ2v) is 22.8. The van der Waals surface area contributed by atoms with Crippen LogP contribution in [0.4, 0.5) is 0 Å². The van der Waals surface area contributed by atoms with Crippen LogP contribution in [0, 0.1) is 0 Å². The lowest BCUT2D eigenvalue weighted by molar-refractivity contribution is 0.659. The van der Waals surface area contributed by atoms with Gasteiger partial charge in [0.1, 0.15) is 0 Å². The molecular weight excluding hydrogens is 901 g/mol. The highest BCUT2D eigenvalue weighted by molar-refractivity contribution is 5.97. The summed E-state index contributed by atoms with van der Waals surface area (Å²) in [7, 11) is 0. The van der Waals surface area contributed by atoms with E-state index in [9.17, 15) is 0 Å². The molecule has 0 amide bonds. The molecule has 0 unspecified atom stereocenters. The van der Waals surface area contributed by atoms with Gasteiger partial charge in [-0.3, -0.25) is 0 Å². The van der Waals surface area contributed by atoms with E-state index in [1.807, 2.05) is 0 Å². The third kappa shape index (κ3) is 6.96. The Morgan fingerprint density at radius 2 is 0.413 bits per heavy atom. The highest BCUT2D eigenvalue weighted by atomic mass is 14.4. The fourth-order valence-corrected chi connectivity index (χ4v) is 13.4. The lowest BCUT2D eigenvalue weighted by atomic mass is 9.79. The minimum Gasteiger partial charge on any atom is -0.0622 e. The molecule has 11 aromatic carbocycles. The molecule has 0 aliphatic heterocycles. The Labute approximate surface area is 442 Å². The first-order chi connectivity index (χ1) is 36.4. The zero-order valence-corrected chi connectivity index (χ0v) is 43.6. The predicted octanol–water partition coefficient (Wildman–Crippen LogP) is 20.3. The monoisotopic (exact) mass is 958 g/mol. The average Bonchev–Trinajstić information content (AvgIpc) is 4.01.